The first-order valence-corrected chi connectivity index (χ1v) is 8.29. The number of thioether (sulfide) groups is 1. The summed E-state index contributed by atoms with van der Waals surface area (Å²) in [7, 11) is 0. The third-order valence-electron chi connectivity index (χ3n) is 3.25. The van der Waals surface area contributed by atoms with Crippen LogP contribution < -0.4 is 5.32 Å². The monoisotopic (exact) mass is 334 g/mol. The quantitative estimate of drug-likeness (QED) is 0.818. The van der Waals surface area contributed by atoms with Gasteiger partial charge in [0.05, 0.1) is 10.3 Å². The van der Waals surface area contributed by atoms with Gasteiger partial charge in [0, 0.05) is 11.1 Å². The van der Waals surface area contributed by atoms with Crippen LogP contribution >= 0.6 is 23.4 Å². The SMILES string of the molecule is Cc1cc(C)c(SC(C)C(=O)Nc2ccc(Cl)cn2)c(C)c1. The number of hydrogen-bond acceptors (Lipinski definition) is 3. The molecule has 22 heavy (non-hydrogen) atoms. The molecule has 1 atom stereocenters. The van der Waals surface area contributed by atoms with Crippen molar-refractivity contribution in [3.63, 3.8) is 0 Å². The summed E-state index contributed by atoms with van der Waals surface area (Å²) in [5.74, 6) is 0.443. The Hall–Kier alpha value is -1.52. The summed E-state index contributed by atoms with van der Waals surface area (Å²) in [4.78, 5) is 17.5. The van der Waals surface area contributed by atoms with Crippen LogP contribution in [0.1, 0.15) is 23.6 Å². The highest BCUT2D eigenvalue weighted by Gasteiger charge is 2.17. The van der Waals surface area contributed by atoms with E-state index in [0.29, 0.717) is 10.8 Å². The standard InChI is InChI=1S/C17H19ClN2OS/c1-10-7-11(2)16(12(3)8-10)22-13(4)17(21)20-15-6-5-14(18)9-19-15/h5-9,13H,1-4H3,(H,19,20,21). The van der Waals surface area contributed by atoms with Crippen molar-refractivity contribution in [1.29, 1.82) is 0 Å². The van der Waals surface area contributed by atoms with Crippen molar-refractivity contribution in [2.45, 2.75) is 37.8 Å². The minimum Gasteiger partial charge on any atom is -0.310 e. The van der Waals surface area contributed by atoms with E-state index in [0.717, 1.165) is 4.90 Å². The maximum atomic E-state index is 12.3. The number of anilines is 1. The van der Waals surface area contributed by atoms with E-state index in [1.54, 1.807) is 23.9 Å². The fraction of sp³-hybridized carbons (Fsp3) is 0.294. The van der Waals surface area contributed by atoms with Crippen LogP contribution in [0.2, 0.25) is 5.02 Å². The van der Waals surface area contributed by atoms with Crippen molar-refractivity contribution in [3.8, 4) is 0 Å². The average Bonchev–Trinajstić information content (AvgIpc) is 2.45. The number of rotatable bonds is 4. The molecule has 1 amide bonds. The van der Waals surface area contributed by atoms with E-state index in [2.05, 4.69) is 43.2 Å². The number of carbonyl (C=O) groups is 1. The summed E-state index contributed by atoms with van der Waals surface area (Å²) < 4.78 is 0. The maximum absolute atomic E-state index is 12.3. The lowest BCUT2D eigenvalue weighted by Gasteiger charge is -2.15. The molecule has 0 aliphatic heterocycles. The molecule has 1 unspecified atom stereocenters. The fourth-order valence-electron chi connectivity index (χ4n) is 2.26. The number of amides is 1. The third kappa shape index (κ3) is 4.24. The zero-order valence-electron chi connectivity index (χ0n) is 13.1. The molecule has 1 aromatic heterocycles. The Labute approximate surface area is 140 Å². The second-order valence-electron chi connectivity index (χ2n) is 5.34. The number of carbonyl (C=O) groups excluding carboxylic acids is 1. The zero-order valence-corrected chi connectivity index (χ0v) is 14.7. The van der Waals surface area contributed by atoms with E-state index in [9.17, 15) is 4.79 Å². The molecule has 3 nitrogen and oxygen atoms in total. The Kier molecular flexibility index (Phi) is 5.48. The van der Waals surface area contributed by atoms with Crippen LogP contribution in [0.4, 0.5) is 5.82 Å². The number of halogens is 1. The molecule has 2 rings (SSSR count). The molecule has 0 saturated carbocycles. The van der Waals surface area contributed by atoms with E-state index in [4.69, 9.17) is 11.6 Å². The minimum absolute atomic E-state index is 0.0702. The van der Waals surface area contributed by atoms with Gasteiger partial charge in [0.2, 0.25) is 5.91 Å². The van der Waals surface area contributed by atoms with E-state index < -0.39 is 0 Å². The number of nitrogens with zero attached hydrogens (tertiary/aromatic N) is 1. The van der Waals surface area contributed by atoms with Crippen LogP contribution in [0.5, 0.6) is 0 Å². The topological polar surface area (TPSA) is 42.0 Å². The lowest BCUT2D eigenvalue weighted by Crippen LogP contribution is -2.23. The van der Waals surface area contributed by atoms with Gasteiger partial charge < -0.3 is 5.32 Å². The van der Waals surface area contributed by atoms with E-state index in [-0.39, 0.29) is 11.2 Å². The Morgan fingerprint density at radius 1 is 1.23 bits per heavy atom. The first kappa shape index (κ1) is 16.8. The van der Waals surface area contributed by atoms with Crippen molar-refractivity contribution in [1.82, 2.24) is 4.98 Å². The predicted molar refractivity (Wildman–Crippen MR) is 93.8 cm³/mol. The highest BCUT2D eigenvalue weighted by Crippen LogP contribution is 2.31. The molecule has 1 aromatic carbocycles. The van der Waals surface area contributed by atoms with Crippen LogP contribution in [0.15, 0.2) is 35.4 Å². The summed E-state index contributed by atoms with van der Waals surface area (Å²) >= 11 is 7.36. The van der Waals surface area contributed by atoms with Gasteiger partial charge >= 0.3 is 0 Å². The number of hydrogen-bond donors (Lipinski definition) is 1. The molecule has 1 heterocycles. The van der Waals surface area contributed by atoms with Crippen LogP contribution in [0, 0.1) is 20.8 Å². The second-order valence-corrected chi connectivity index (χ2v) is 7.13. The molecule has 0 spiro atoms. The molecule has 0 aliphatic carbocycles. The predicted octanol–water partition coefficient (Wildman–Crippen LogP) is 4.78. The highest BCUT2D eigenvalue weighted by molar-refractivity contribution is 8.00. The van der Waals surface area contributed by atoms with Crippen molar-refractivity contribution < 1.29 is 4.79 Å². The second kappa shape index (κ2) is 7.16. The van der Waals surface area contributed by atoms with Crippen LogP contribution in [-0.2, 0) is 4.79 Å². The Morgan fingerprint density at radius 2 is 1.86 bits per heavy atom. The number of benzene rings is 1. The van der Waals surface area contributed by atoms with Crippen LogP contribution in [0.3, 0.4) is 0 Å². The molecular weight excluding hydrogens is 316 g/mol. The lowest BCUT2D eigenvalue weighted by atomic mass is 10.1. The molecule has 5 heteroatoms. The normalized spacial score (nSPS) is 12.0. The molecular formula is C17H19ClN2OS. The van der Waals surface area contributed by atoms with Gasteiger partial charge in [0.1, 0.15) is 5.82 Å². The molecule has 0 saturated heterocycles. The van der Waals surface area contributed by atoms with Crippen molar-refractivity contribution in [2.24, 2.45) is 0 Å². The molecule has 0 aliphatic rings. The summed E-state index contributed by atoms with van der Waals surface area (Å²) in [5, 5.41) is 3.15. The van der Waals surface area contributed by atoms with Gasteiger partial charge in [-0.2, -0.15) is 0 Å². The lowest BCUT2D eigenvalue weighted by molar-refractivity contribution is -0.115. The zero-order chi connectivity index (χ0) is 16.3. The summed E-state index contributed by atoms with van der Waals surface area (Å²) in [6.07, 6.45) is 1.52. The first-order chi connectivity index (χ1) is 10.4. The molecule has 0 fully saturated rings. The van der Waals surface area contributed by atoms with Gasteiger partial charge in [-0.05, 0) is 51.0 Å². The van der Waals surface area contributed by atoms with Gasteiger partial charge in [-0.3, -0.25) is 4.79 Å². The number of pyridine rings is 1. The van der Waals surface area contributed by atoms with Crippen LogP contribution in [0.25, 0.3) is 0 Å². The van der Waals surface area contributed by atoms with Gasteiger partial charge in [-0.25, -0.2) is 4.98 Å². The Bertz CT molecular complexity index is 663. The average molecular weight is 335 g/mol. The van der Waals surface area contributed by atoms with Crippen molar-refractivity contribution in [2.75, 3.05) is 5.32 Å². The third-order valence-corrected chi connectivity index (χ3v) is 4.92. The van der Waals surface area contributed by atoms with Crippen molar-refractivity contribution in [3.05, 3.63) is 52.2 Å². The molecule has 2 aromatic rings. The van der Waals surface area contributed by atoms with Crippen LogP contribution in [-0.4, -0.2) is 16.1 Å². The number of aromatic nitrogens is 1. The number of aryl methyl sites for hydroxylation is 3. The smallest absolute Gasteiger partial charge is 0.238 e. The van der Waals surface area contributed by atoms with Gasteiger partial charge in [-0.15, -0.1) is 11.8 Å². The Balaban J connectivity index is 2.07. The van der Waals surface area contributed by atoms with E-state index >= 15 is 0 Å². The number of nitrogens with one attached hydrogen (secondary N) is 1. The van der Waals surface area contributed by atoms with Gasteiger partial charge in [0.25, 0.3) is 0 Å². The maximum Gasteiger partial charge on any atom is 0.238 e. The molecule has 1 N–H and O–H groups in total. The fourth-order valence-corrected chi connectivity index (χ4v) is 3.38. The minimum atomic E-state index is -0.211. The molecule has 0 bridgehead atoms. The summed E-state index contributed by atoms with van der Waals surface area (Å²) in [6, 6.07) is 7.68. The van der Waals surface area contributed by atoms with Crippen molar-refractivity contribution >= 4 is 35.1 Å². The first-order valence-electron chi connectivity index (χ1n) is 7.03. The molecule has 0 radical (unpaired) electrons. The Morgan fingerprint density at radius 3 is 2.41 bits per heavy atom. The van der Waals surface area contributed by atoms with E-state index in [1.807, 2.05) is 6.92 Å². The molecule has 116 valence electrons. The summed E-state index contributed by atoms with van der Waals surface area (Å²) in [5.41, 5.74) is 3.64. The highest BCUT2D eigenvalue weighted by atomic mass is 35.5. The largest absolute Gasteiger partial charge is 0.310 e. The van der Waals surface area contributed by atoms with Gasteiger partial charge in [-0.1, -0.05) is 29.3 Å². The van der Waals surface area contributed by atoms with E-state index in [1.165, 1.54) is 22.9 Å². The van der Waals surface area contributed by atoms with Gasteiger partial charge in [0.15, 0.2) is 0 Å². The summed E-state index contributed by atoms with van der Waals surface area (Å²) in [6.45, 7) is 8.13.